The van der Waals surface area contributed by atoms with E-state index in [2.05, 4.69) is 10.2 Å². The Morgan fingerprint density at radius 1 is 1.04 bits per heavy atom. The lowest BCUT2D eigenvalue weighted by atomic mass is 10.0. The van der Waals surface area contributed by atoms with E-state index in [0.29, 0.717) is 19.1 Å². The van der Waals surface area contributed by atoms with Gasteiger partial charge in [-0.05, 0) is 26.7 Å². The first-order valence-electron chi connectivity index (χ1n) is 7.99. The summed E-state index contributed by atoms with van der Waals surface area (Å²) in [5.74, 6) is 0.0908. The summed E-state index contributed by atoms with van der Waals surface area (Å²) in [6.07, 6.45) is 2.21. The highest BCUT2D eigenvalue weighted by Gasteiger charge is 2.32. The van der Waals surface area contributed by atoms with Gasteiger partial charge >= 0.3 is 0 Å². The van der Waals surface area contributed by atoms with Crippen LogP contribution in [0.25, 0.3) is 0 Å². The molecule has 1 aliphatic carbocycles. The second kappa shape index (κ2) is 9.67. The van der Waals surface area contributed by atoms with Crippen LogP contribution in [0.15, 0.2) is 0 Å². The summed E-state index contributed by atoms with van der Waals surface area (Å²) in [4.78, 5) is 28.3. The standard InChI is InChI=1S/C15H28N4O2.2ClH/c1-10(11(2)16)15(21)19-8-6-18(7-9-19)12(3)14(20)17-13-4-5-13;;/h10-13H,4-9,16H2,1-3H3,(H,17,20);2*1H. The number of nitrogens with zero attached hydrogens (tertiary/aromatic N) is 2. The van der Waals surface area contributed by atoms with Gasteiger partial charge in [0.15, 0.2) is 0 Å². The van der Waals surface area contributed by atoms with Crippen molar-refractivity contribution in [2.24, 2.45) is 11.7 Å². The van der Waals surface area contributed by atoms with Crippen molar-refractivity contribution in [3.63, 3.8) is 0 Å². The molecule has 0 aromatic heterocycles. The van der Waals surface area contributed by atoms with E-state index in [0.717, 1.165) is 25.9 Å². The van der Waals surface area contributed by atoms with E-state index in [1.54, 1.807) is 0 Å². The average Bonchev–Trinajstić information content (AvgIpc) is 3.28. The number of halogens is 2. The van der Waals surface area contributed by atoms with Gasteiger partial charge in [0.25, 0.3) is 0 Å². The highest BCUT2D eigenvalue weighted by atomic mass is 35.5. The largest absolute Gasteiger partial charge is 0.352 e. The van der Waals surface area contributed by atoms with Crippen molar-refractivity contribution in [3.8, 4) is 0 Å². The van der Waals surface area contributed by atoms with Crippen LogP contribution in [-0.2, 0) is 9.59 Å². The first-order chi connectivity index (χ1) is 9.90. The zero-order valence-electron chi connectivity index (χ0n) is 14.2. The number of hydrogen-bond donors (Lipinski definition) is 2. The summed E-state index contributed by atoms with van der Waals surface area (Å²) < 4.78 is 0. The first-order valence-corrected chi connectivity index (χ1v) is 7.99. The third-order valence-electron chi connectivity index (χ3n) is 4.66. The molecule has 23 heavy (non-hydrogen) atoms. The zero-order chi connectivity index (χ0) is 15.6. The normalized spacial score (nSPS) is 22.2. The van der Waals surface area contributed by atoms with Crippen LogP contribution in [0.1, 0.15) is 33.6 Å². The van der Waals surface area contributed by atoms with Gasteiger partial charge in [0.1, 0.15) is 0 Å². The monoisotopic (exact) mass is 368 g/mol. The summed E-state index contributed by atoms with van der Waals surface area (Å²) >= 11 is 0. The third kappa shape index (κ3) is 6.10. The van der Waals surface area contributed by atoms with Crippen molar-refractivity contribution in [1.29, 1.82) is 0 Å². The molecule has 1 saturated heterocycles. The fourth-order valence-electron chi connectivity index (χ4n) is 2.56. The van der Waals surface area contributed by atoms with E-state index < -0.39 is 0 Å². The Kier molecular flexibility index (Phi) is 9.43. The molecule has 1 saturated carbocycles. The molecular formula is C15H30Cl2N4O2. The van der Waals surface area contributed by atoms with Crippen LogP contribution in [0.5, 0.6) is 0 Å². The Labute approximate surface area is 151 Å². The van der Waals surface area contributed by atoms with Crippen LogP contribution in [0.3, 0.4) is 0 Å². The molecule has 6 nitrogen and oxygen atoms in total. The van der Waals surface area contributed by atoms with Crippen molar-refractivity contribution in [2.45, 2.75) is 51.7 Å². The minimum Gasteiger partial charge on any atom is -0.352 e. The first kappa shape index (κ1) is 22.4. The van der Waals surface area contributed by atoms with Crippen molar-refractivity contribution in [3.05, 3.63) is 0 Å². The van der Waals surface area contributed by atoms with Crippen molar-refractivity contribution in [1.82, 2.24) is 15.1 Å². The highest BCUT2D eigenvalue weighted by Crippen LogP contribution is 2.19. The molecule has 3 atom stereocenters. The number of carbonyl (C=O) groups excluding carboxylic acids is 2. The molecule has 2 fully saturated rings. The van der Waals surface area contributed by atoms with Gasteiger partial charge in [-0.1, -0.05) is 6.92 Å². The molecule has 136 valence electrons. The molecular weight excluding hydrogens is 339 g/mol. The minimum atomic E-state index is -0.146. The zero-order valence-corrected chi connectivity index (χ0v) is 15.8. The van der Waals surface area contributed by atoms with Gasteiger partial charge < -0.3 is 16.0 Å². The van der Waals surface area contributed by atoms with E-state index >= 15 is 0 Å². The molecule has 0 spiro atoms. The smallest absolute Gasteiger partial charge is 0.237 e. The molecule has 1 heterocycles. The Morgan fingerprint density at radius 2 is 1.57 bits per heavy atom. The fourth-order valence-corrected chi connectivity index (χ4v) is 2.56. The summed E-state index contributed by atoms with van der Waals surface area (Å²) in [5.41, 5.74) is 5.80. The molecule has 8 heteroatoms. The van der Waals surface area contributed by atoms with Crippen LogP contribution in [0.4, 0.5) is 0 Å². The molecule has 3 unspecified atom stereocenters. The molecule has 2 amide bonds. The van der Waals surface area contributed by atoms with Crippen LogP contribution in [0.2, 0.25) is 0 Å². The molecule has 1 aliphatic heterocycles. The van der Waals surface area contributed by atoms with Crippen molar-refractivity contribution in [2.75, 3.05) is 26.2 Å². The maximum absolute atomic E-state index is 12.3. The quantitative estimate of drug-likeness (QED) is 0.745. The summed E-state index contributed by atoms with van der Waals surface area (Å²) in [6.45, 7) is 8.54. The van der Waals surface area contributed by atoms with Gasteiger partial charge in [-0.25, -0.2) is 0 Å². The van der Waals surface area contributed by atoms with E-state index in [1.165, 1.54) is 0 Å². The van der Waals surface area contributed by atoms with E-state index in [1.807, 2.05) is 25.7 Å². The number of nitrogens with two attached hydrogens (primary N) is 1. The van der Waals surface area contributed by atoms with Gasteiger partial charge in [0.2, 0.25) is 11.8 Å². The van der Waals surface area contributed by atoms with Gasteiger partial charge in [-0.3, -0.25) is 14.5 Å². The number of nitrogens with one attached hydrogen (secondary N) is 1. The summed E-state index contributed by atoms with van der Waals surface area (Å²) in [5, 5.41) is 3.04. The fraction of sp³-hybridized carbons (Fsp3) is 0.867. The average molecular weight is 369 g/mol. The molecule has 0 aromatic carbocycles. The van der Waals surface area contributed by atoms with E-state index in [4.69, 9.17) is 5.73 Å². The number of hydrogen-bond acceptors (Lipinski definition) is 4. The maximum atomic E-state index is 12.3. The lowest BCUT2D eigenvalue weighted by Crippen LogP contribution is -2.56. The van der Waals surface area contributed by atoms with Crippen LogP contribution in [0, 0.1) is 5.92 Å². The van der Waals surface area contributed by atoms with Crippen molar-refractivity contribution < 1.29 is 9.59 Å². The molecule has 0 radical (unpaired) electrons. The SMILES string of the molecule is CC(N)C(C)C(=O)N1CCN(C(C)C(=O)NC2CC2)CC1.Cl.Cl. The molecule has 0 aromatic rings. The third-order valence-corrected chi connectivity index (χ3v) is 4.66. The predicted molar refractivity (Wildman–Crippen MR) is 96.1 cm³/mol. The summed E-state index contributed by atoms with van der Waals surface area (Å²) in [7, 11) is 0. The minimum absolute atomic E-state index is 0. The lowest BCUT2D eigenvalue weighted by Gasteiger charge is -2.38. The van der Waals surface area contributed by atoms with Crippen LogP contribution in [-0.4, -0.2) is 65.9 Å². The van der Waals surface area contributed by atoms with Gasteiger partial charge in [-0.2, -0.15) is 0 Å². The Morgan fingerprint density at radius 3 is 2.00 bits per heavy atom. The van der Waals surface area contributed by atoms with Gasteiger partial charge in [-0.15, -0.1) is 24.8 Å². The number of rotatable bonds is 5. The van der Waals surface area contributed by atoms with Crippen LogP contribution < -0.4 is 11.1 Å². The number of carbonyl (C=O) groups is 2. The van der Waals surface area contributed by atoms with E-state index in [9.17, 15) is 9.59 Å². The van der Waals surface area contributed by atoms with Crippen molar-refractivity contribution >= 4 is 36.6 Å². The Bertz CT molecular complexity index is 397. The van der Waals surface area contributed by atoms with Gasteiger partial charge in [0, 0.05) is 38.3 Å². The number of amides is 2. The molecule has 3 N–H and O–H groups in total. The second-order valence-corrected chi connectivity index (χ2v) is 6.47. The van der Waals surface area contributed by atoms with Crippen LogP contribution >= 0.6 is 24.8 Å². The van der Waals surface area contributed by atoms with Gasteiger partial charge in [0.05, 0.1) is 12.0 Å². The topological polar surface area (TPSA) is 78.7 Å². The maximum Gasteiger partial charge on any atom is 0.237 e. The van der Waals surface area contributed by atoms with E-state index in [-0.39, 0.29) is 54.6 Å². The molecule has 2 rings (SSSR count). The predicted octanol–water partition coefficient (Wildman–Crippen LogP) is 0.625. The summed E-state index contributed by atoms with van der Waals surface area (Å²) in [6, 6.07) is 0.155. The lowest BCUT2D eigenvalue weighted by molar-refractivity contribution is -0.138. The Hall–Kier alpha value is -0.560. The number of piperazine rings is 1. The highest BCUT2D eigenvalue weighted by molar-refractivity contribution is 5.85. The second-order valence-electron chi connectivity index (χ2n) is 6.47. The molecule has 0 bridgehead atoms. The Balaban J connectivity index is 0.00000242. The molecule has 2 aliphatic rings.